The zero-order chi connectivity index (χ0) is 20.7. The molecule has 2 aromatic carbocycles. The third-order valence-corrected chi connectivity index (χ3v) is 6.07. The SMILES string of the molecule is Cc1ccc(S(=O)(=O)NCCC(=O)N(C)CCOc2ccc(Cl)cc2)cc1C. The van der Waals surface area contributed by atoms with Crippen LogP contribution in [0, 0.1) is 13.8 Å². The second-order valence-electron chi connectivity index (χ2n) is 6.51. The van der Waals surface area contributed by atoms with Gasteiger partial charge in [-0.15, -0.1) is 0 Å². The Bertz CT molecular complexity index is 914. The van der Waals surface area contributed by atoms with Crippen LogP contribution in [0.4, 0.5) is 0 Å². The molecule has 0 heterocycles. The van der Waals surface area contributed by atoms with Gasteiger partial charge in [0.2, 0.25) is 15.9 Å². The first-order valence-electron chi connectivity index (χ1n) is 8.88. The molecule has 28 heavy (non-hydrogen) atoms. The monoisotopic (exact) mass is 424 g/mol. The number of ether oxygens (including phenoxy) is 1. The highest BCUT2D eigenvalue weighted by Crippen LogP contribution is 2.16. The van der Waals surface area contributed by atoms with Gasteiger partial charge in [0, 0.05) is 25.0 Å². The Kier molecular flexibility index (Phi) is 7.86. The van der Waals surface area contributed by atoms with Gasteiger partial charge in [-0.25, -0.2) is 13.1 Å². The number of nitrogens with zero attached hydrogens (tertiary/aromatic N) is 1. The number of sulfonamides is 1. The standard InChI is InChI=1S/C20H25ClN2O4S/c1-15-4-9-19(14-16(15)2)28(25,26)22-11-10-20(24)23(3)12-13-27-18-7-5-17(21)6-8-18/h4-9,14,22H,10-13H2,1-3H3. The molecule has 0 aliphatic heterocycles. The molecule has 0 aliphatic carbocycles. The van der Waals surface area contributed by atoms with E-state index in [1.165, 1.54) is 4.90 Å². The summed E-state index contributed by atoms with van der Waals surface area (Å²) < 4.78 is 32.7. The molecule has 0 unspecified atom stereocenters. The van der Waals surface area contributed by atoms with Crippen LogP contribution in [0.5, 0.6) is 5.75 Å². The van der Waals surface area contributed by atoms with Crippen LogP contribution in [0.25, 0.3) is 0 Å². The Hall–Kier alpha value is -2.09. The van der Waals surface area contributed by atoms with Gasteiger partial charge in [-0.2, -0.15) is 0 Å². The van der Waals surface area contributed by atoms with Gasteiger partial charge in [-0.1, -0.05) is 17.7 Å². The maximum Gasteiger partial charge on any atom is 0.240 e. The van der Waals surface area contributed by atoms with Crippen molar-refractivity contribution < 1.29 is 17.9 Å². The van der Waals surface area contributed by atoms with Crippen LogP contribution in [0.3, 0.4) is 0 Å². The van der Waals surface area contributed by atoms with Gasteiger partial charge >= 0.3 is 0 Å². The fourth-order valence-electron chi connectivity index (χ4n) is 2.40. The average Bonchev–Trinajstić information content (AvgIpc) is 2.65. The van der Waals surface area contributed by atoms with Gasteiger partial charge in [0.15, 0.2) is 0 Å². The predicted molar refractivity (Wildman–Crippen MR) is 110 cm³/mol. The summed E-state index contributed by atoms with van der Waals surface area (Å²) in [5, 5.41) is 0.628. The van der Waals surface area contributed by atoms with Crippen LogP contribution in [0.2, 0.25) is 5.02 Å². The van der Waals surface area contributed by atoms with Crippen LogP contribution in [0.1, 0.15) is 17.5 Å². The molecule has 152 valence electrons. The maximum atomic E-state index is 12.3. The molecule has 6 nitrogen and oxygen atoms in total. The van der Waals surface area contributed by atoms with E-state index in [0.717, 1.165) is 11.1 Å². The van der Waals surface area contributed by atoms with E-state index in [0.29, 0.717) is 23.9 Å². The van der Waals surface area contributed by atoms with Crippen molar-refractivity contribution in [1.82, 2.24) is 9.62 Å². The number of hydrogen-bond acceptors (Lipinski definition) is 4. The smallest absolute Gasteiger partial charge is 0.240 e. The molecule has 0 aromatic heterocycles. The van der Waals surface area contributed by atoms with Crippen LogP contribution >= 0.6 is 11.6 Å². The van der Waals surface area contributed by atoms with Gasteiger partial charge in [-0.05, 0) is 61.4 Å². The lowest BCUT2D eigenvalue weighted by Gasteiger charge is -2.18. The molecule has 2 rings (SSSR count). The van der Waals surface area contributed by atoms with E-state index in [9.17, 15) is 13.2 Å². The van der Waals surface area contributed by atoms with Crippen molar-refractivity contribution in [3.63, 3.8) is 0 Å². The summed E-state index contributed by atoms with van der Waals surface area (Å²) in [5.41, 5.74) is 1.93. The number of halogens is 1. The number of aryl methyl sites for hydroxylation is 2. The Morgan fingerprint density at radius 2 is 1.79 bits per heavy atom. The van der Waals surface area contributed by atoms with E-state index in [4.69, 9.17) is 16.3 Å². The lowest BCUT2D eigenvalue weighted by molar-refractivity contribution is -0.130. The summed E-state index contributed by atoms with van der Waals surface area (Å²) in [6, 6.07) is 11.9. The topological polar surface area (TPSA) is 75.7 Å². The highest BCUT2D eigenvalue weighted by Gasteiger charge is 2.16. The number of amides is 1. The van der Waals surface area contributed by atoms with Crippen molar-refractivity contribution in [3.8, 4) is 5.75 Å². The minimum absolute atomic E-state index is 0.0382. The van der Waals surface area contributed by atoms with E-state index >= 15 is 0 Å². The normalized spacial score (nSPS) is 11.3. The lowest BCUT2D eigenvalue weighted by Crippen LogP contribution is -2.34. The van der Waals surface area contributed by atoms with Crippen molar-refractivity contribution in [2.24, 2.45) is 0 Å². The lowest BCUT2D eigenvalue weighted by atomic mass is 10.1. The van der Waals surface area contributed by atoms with Gasteiger partial charge in [0.25, 0.3) is 0 Å². The number of nitrogens with one attached hydrogen (secondary N) is 1. The van der Waals surface area contributed by atoms with E-state index in [-0.39, 0.29) is 23.8 Å². The molecule has 0 fully saturated rings. The Morgan fingerprint density at radius 3 is 2.43 bits per heavy atom. The van der Waals surface area contributed by atoms with E-state index in [1.807, 2.05) is 13.8 Å². The second kappa shape index (κ2) is 9.91. The molecule has 0 aliphatic rings. The minimum atomic E-state index is -3.63. The number of likely N-dealkylation sites (N-methyl/N-ethyl adjacent to an activating group) is 1. The molecule has 1 amide bonds. The number of hydrogen-bond donors (Lipinski definition) is 1. The van der Waals surface area contributed by atoms with Crippen LogP contribution < -0.4 is 9.46 Å². The van der Waals surface area contributed by atoms with Gasteiger partial charge in [0.05, 0.1) is 11.4 Å². The Balaban J connectivity index is 1.76. The zero-order valence-electron chi connectivity index (χ0n) is 16.2. The number of carbonyl (C=O) groups is 1. The summed E-state index contributed by atoms with van der Waals surface area (Å²) in [7, 11) is -1.98. The molecule has 0 saturated heterocycles. The summed E-state index contributed by atoms with van der Waals surface area (Å²) in [4.78, 5) is 13.9. The van der Waals surface area contributed by atoms with Crippen LogP contribution in [0.15, 0.2) is 47.4 Å². The summed E-state index contributed by atoms with van der Waals surface area (Å²) in [6.45, 7) is 4.54. The second-order valence-corrected chi connectivity index (χ2v) is 8.71. The van der Waals surface area contributed by atoms with Gasteiger partial charge < -0.3 is 9.64 Å². The Morgan fingerprint density at radius 1 is 1.11 bits per heavy atom. The van der Waals surface area contributed by atoms with Crippen LogP contribution in [-0.4, -0.2) is 46.0 Å². The third-order valence-electron chi connectivity index (χ3n) is 4.35. The van der Waals surface area contributed by atoms with Crippen molar-refractivity contribution in [1.29, 1.82) is 0 Å². The van der Waals surface area contributed by atoms with Crippen molar-refractivity contribution in [2.75, 3.05) is 26.7 Å². The fourth-order valence-corrected chi connectivity index (χ4v) is 3.65. The van der Waals surface area contributed by atoms with E-state index in [1.54, 1.807) is 49.5 Å². The number of rotatable bonds is 9. The van der Waals surface area contributed by atoms with Gasteiger partial charge in [0.1, 0.15) is 12.4 Å². The van der Waals surface area contributed by atoms with Gasteiger partial charge in [-0.3, -0.25) is 4.79 Å². The average molecular weight is 425 g/mol. The molecule has 2 aromatic rings. The molecule has 8 heteroatoms. The highest BCUT2D eigenvalue weighted by atomic mass is 35.5. The summed E-state index contributed by atoms with van der Waals surface area (Å²) in [5.74, 6) is 0.508. The molecule has 0 spiro atoms. The first kappa shape index (κ1) is 22.2. The summed E-state index contributed by atoms with van der Waals surface area (Å²) in [6.07, 6.45) is 0.0710. The molecular formula is C20H25ClN2O4S. The molecule has 0 atom stereocenters. The molecule has 0 radical (unpaired) electrons. The molecule has 0 bridgehead atoms. The predicted octanol–water partition coefficient (Wildman–Crippen LogP) is 3.16. The van der Waals surface area contributed by atoms with E-state index in [2.05, 4.69) is 4.72 Å². The first-order valence-corrected chi connectivity index (χ1v) is 10.7. The largest absolute Gasteiger partial charge is 0.492 e. The Labute approximate surface area is 171 Å². The fraction of sp³-hybridized carbons (Fsp3) is 0.350. The highest BCUT2D eigenvalue weighted by molar-refractivity contribution is 7.89. The van der Waals surface area contributed by atoms with Crippen molar-refractivity contribution >= 4 is 27.5 Å². The first-order chi connectivity index (χ1) is 13.2. The minimum Gasteiger partial charge on any atom is -0.492 e. The maximum absolute atomic E-state index is 12.3. The van der Waals surface area contributed by atoms with Crippen molar-refractivity contribution in [2.45, 2.75) is 25.2 Å². The summed E-state index contributed by atoms with van der Waals surface area (Å²) >= 11 is 5.81. The van der Waals surface area contributed by atoms with E-state index < -0.39 is 10.0 Å². The van der Waals surface area contributed by atoms with Crippen LogP contribution in [-0.2, 0) is 14.8 Å². The number of carbonyl (C=O) groups excluding carboxylic acids is 1. The zero-order valence-corrected chi connectivity index (χ0v) is 17.8. The third kappa shape index (κ3) is 6.51. The molecular weight excluding hydrogens is 400 g/mol. The molecule has 0 saturated carbocycles. The molecule has 1 N–H and O–H groups in total. The quantitative estimate of drug-likeness (QED) is 0.670. The number of benzene rings is 2. The van der Waals surface area contributed by atoms with Crippen molar-refractivity contribution in [3.05, 3.63) is 58.6 Å².